The number of ether oxygens (including phenoxy) is 1. The van der Waals surface area contributed by atoms with Gasteiger partial charge in [0.15, 0.2) is 5.78 Å². The summed E-state index contributed by atoms with van der Waals surface area (Å²) in [4.78, 5) is 15.9. The molecule has 1 aromatic heterocycles. The van der Waals surface area contributed by atoms with Gasteiger partial charge in [0.05, 0.1) is 16.3 Å². The van der Waals surface area contributed by atoms with Gasteiger partial charge in [-0.1, -0.05) is 18.5 Å². The van der Waals surface area contributed by atoms with E-state index in [0.29, 0.717) is 22.9 Å². The molecule has 0 saturated heterocycles. The highest BCUT2D eigenvalue weighted by molar-refractivity contribution is 7.09. The number of hydrogen-bond acceptors (Lipinski definition) is 4. The fraction of sp³-hybridized carbons (Fsp3) is 0.286. The predicted octanol–water partition coefficient (Wildman–Crippen LogP) is 4.14. The van der Waals surface area contributed by atoms with Crippen molar-refractivity contribution in [3.05, 3.63) is 44.9 Å². The number of carbonyl (C=O) groups excluding carboxylic acids is 1. The first-order valence-corrected chi connectivity index (χ1v) is 7.22. The fourth-order valence-electron chi connectivity index (χ4n) is 1.63. The van der Waals surface area contributed by atoms with Crippen LogP contribution in [0.3, 0.4) is 0 Å². The van der Waals surface area contributed by atoms with Gasteiger partial charge in [0, 0.05) is 10.4 Å². The Hall–Kier alpha value is -1.39. The zero-order chi connectivity index (χ0) is 13.8. The van der Waals surface area contributed by atoms with Gasteiger partial charge >= 0.3 is 0 Å². The molecule has 1 heterocycles. The highest BCUT2D eigenvalue weighted by Crippen LogP contribution is 2.24. The Morgan fingerprint density at radius 2 is 2.26 bits per heavy atom. The Bertz CT molecular complexity index is 595. The van der Waals surface area contributed by atoms with E-state index in [1.54, 1.807) is 29.5 Å². The molecule has 0 atom stereocenters. The van der Waals surface area contributed by atoms with Crippen molar-refractivity contribution in [2.45, 2.75) is 26.9 Å². The van der Waals surface area contributed by atoms with Crippen molar-refractivity contribution >= 4 is 28.7 Å². The van der Waals surface area contributed by atoms with E-state index in [0.717, 1.165) is 17.1 Å². The van der Waals surface area contributed by atoms with E-state index >= 15 is 0 Å². The SMILES string of the molecule is CCc1nc(COc2ccc(Cl)cc2C(C)=O)cs1. The Morgan fingerprint density at radius 3 is 2.89 bits per heavy atom. The van der Waals surface area contributed by atoms with Gasteiger partial charge in [0.2, 0.25) is 0 Å². The Morgan fingerprint density at radius 1 is 1.47 bits per heavy atom. The summed E-state index contributed by atoms with van der Waals surface area (Å²) in [7, 11) is 0. The Kier molecular flexibility index (Phi) is 4.56. The average Bonchev–Trinajstić information content (AvgIpc) is 2.85. The topological polar surface area (TPSA) is 39.2 Å². The molecule has 100 valence electrons. The molecule has 0 amide bonds. The molecule has 3 nitrogen and oxygen atoms in total. The maximum atomic E-state index is 11.5. The van der Waals surface area contributed by atoms with Crippen molar-refractivity contribution in [2.75, 3.05) is 0 Å². The van der Waals surface area contributed by atoms with Crippen LogP contribution in [0.1, 0.15) is 34.9 Å². The number of rotatable bonds is 5. The number of carbonyl (C=O) groups is 1. The van der Waals surface area contributed by atoms with E-state index in [-0.39, 0.29) is 5.78 Å². The van der Waals surface area contributed by atoms with Crippen LogP contribution in [-0.4, -0.2) is 10.8 Å². The van der Waals surface area contributed by atoms with Crippen molar-refractivity contribution in [1.29, 1.82) is 0 Å². The second-order valence-corrected chi connectivity index (χ2v) is 5.45. The van der Waals surface area contributed by atoms with E-state index in [1.165, 1.54) is 6.92 Å². The van der Waals surface area contributed by atoms with Crippen LogP contribution in [-0.2, 0) is 13.0 Å². The van der Waals surface area contributed by atoms with Gasteiger partial charge in [-0.2, -0.15) is 0 Å². The van der Waals surface area contributed by atoms with Gasteiger partial charge < -0.3 is 4.74 Å². The minimum atomic E-state index is -0.0648. The van der Waals surface area contributed by atoms with Crippen molar-refractivity contribution in [1.82, 2.24) is 4.98 Å². The summed E-state index contributed by atoms with van der Waals surface area (Å²) in [6.07, 6.45) is 0.921. The molecular weight excluding hydrogens is 282 g/mol. The number of Topliss-reactive ketones (excluding diaryl/α,β-unsaturated/α-hetero) is 1. The molecule has 0 unspecified atom stereocenters. The summed E-state index contributed by atoms with van der Waals surface area (Å²) in [5.74, 6) is 0.480. The van der Waals surface area contributed by atoms with Gasteiger partial charge in [-0.05, 0) is 31.5 Å². The standard InChI is InChI=1S/C14H14ClNO2S/c1-3-14-16-11(8-19-14)7-18-13-5-4-10(15)6-12(13)9(2)17/h4-6,8H,3,7H2,1-2H3. The van der Waals surface area contributed by atoms with E-state index in [9.17, 15) is 4.79 Å². The second kappa shape index (κ2) is 6.17. The largest absolute Gasteiger partial charge is 0.487 e. The van der Waals surface area contributed by atoms with Crippen LogP contribution >= 0.6 is 22.9 Å². The van der Waals surface area contributed by atoms with Gasteiger partial charge in [-0.15, -0.1) is 11.3 Å². The fourth-order valence-corrected chi connectivity index (χ4v) is 2.53. The van der Waals surface area contributed by atoms with Crippen molar-refractivity contribution in [3.63, 3.8) is 0 Å². The summed E-state index contributed by atoms with van der Waals surface area (Å²) in [6, 6.07) is 5.05. The van der Waals surface area contributed by atoms with Gasteiger partial charge in [0.25, 0.3) is 0 Å². The zero-order valence-electron chi connectivity index (χ0n) is 10.8. The van der Waals surface area contributed by atoms with Crippen LogP contribution in [0.4, 0.5) is 0 Å². The molecule has 19 heavy (non-hydrogen) atoms. The number of nitrogens with zero attached hydrogens (tertiary/aromatic N) is 1. The lowest BCUT2D eigenvalue weighted by atomic mass is 10.1. The van der Waals surface area contributed by atoms with Crippen LogP contribution in [0, 0.1) is 0 Å². The number of benzene rings is 1. The summed E-state index contributed by atoms with van der Waals surface area (Å²) in [5, 5.41) is 3.59. The van der Waals surface area contributed by atoms with Gasteiger partial charge in [-0.3, -0.25) is 4.79 Å². The predicted molar refractivity (Wildman–Crippen MR) is 77.3 cm³/mol. The van der Waals surface area contributed by atoms with E-state index in [4.69, 9.17) is 16.3 Å². The number of thiazole rings is 1. The van der Waals surface area contributed by atoms with Crippen molar-refractivity contribution < 1.29 is 9.53 Å². The molecule has 0 saturated carbocycles. The number of aryl methyl sites for hydroxylation is 1. The molecule has 0 radical (unpaired) electrons. The van der Waals surface area contributed by atoms with Crippen LogP contribution in [0.25, 0.3) is 0 Å². The summed E-state index contributed by atoms with van der Waals surface area (Å²) >= 11 is 7.50. The third-order valence-corrected chi connectivity index (χ3v) is 3.88. The minimum absolute atomic E-state index is 0.0648. The lowest BCUT2D eigenvalue weighted by Gasteiger charge is -2.08. The maximum absolute atomic E-state index is 11.5. The van der Waals surface area contributed by atoms with Crippen LogP contribution in [0.2, 0.25) is 5.02 Å². The summed E-state index contributed by atoms with van der Waals surface area (Å²) in [6.45, 7) is 3.92. The van der Waals surface area contributed by atoms with E-state index in [1.807, 2.05) is 5.38 Å². The highest BCUT2D eigenvalue weighted by Gasteiger charge is 2.10. The first-order valence-electron chi connectivity index (χ1n) is 5.96. The second-order valence-electron chi connectivity index (χ2n) is 4.07. The quantitative estimate of drug-likeness (QED) is 0.778. The first-order chi connectivity index (χ1) is 9.10. The van der Waals surface area contributed by atoms with Crippen LogP contribution in [0.5, 0.6) is 5.75 Å². The average molecular weight is 296 g/mol. The molecule has 0 fully saturated rings. The maximum Gasteiger partial charge on any atom is 0.163 e. The molecule has 0 N–H and O–H groups in total. The molecule has 0 bridgehead atoms. The molecule has 2 rings (SSSR count). The monoisotopic (exact) mass is 295 g/mol. The first kappa shape index (κ1) is 14.0. The van der Waals surface area contributed by atoms with E-state index < -0.39 is 0 Å². The molecule has 0 aliphatic heterocycles. The highest BCUT2D eigenvalue weighted by atomic mass is 35.5. The molecule has 0 aliphatic carbocycles. The summed E-state index contributed by atoms with van der Waals surface area (Å²) < 4.78 is 5.66. The molecule has 0 spiro atoms. The number of ketones is 1. The molecular formula is C14H14ClNO2S. The molecule has 2 aromatic rings. The molecule has 0 aliphatic rings. The Balaban J connectivity index is 2.12. The third kappa shape index (κ3) is 3.55. The van der Waals surface area contributed by atoms with Crippen molar-refractivity contribution in [3.8, 4) is 5.75 Å². The normalized spacial score (nSPS) is 10.5. The zero-order valence-corrected chi connectivity index (χ0v) is 12.3. The van der Waals surface area contributed by atoms with Crippen molar-refractivity contribution in [2.24, 2.45) is 0 Å². The minimum Gasteiger partial charge on any atom is -0.487 e. The number of aromatic nitrogens is 1. The molecule has 5 heteroatoms. The summed E-state index contributed by atoms with van der Waals surface area (Å²) in [5.41, 5.74) is 1.38. The molecule has 1 aromatic carbocycles. The van der Waals surface area contributed by atoms with Crippen LogP contribution in [0.15, 0.2) is 23.6 Å². The van der Waals surface area contributed by atoms with Gasteiger partial charge in [-0.25, -0.2) is 4.98 Å². The van der Waals surface area contributed by atoms with E-state index in [2.05, 4.69) is 11.9 Å². The van der Waals surface area contributed by atoms with Crippen LogP contribution < -0.4 is 4.74 Å². The van der Waals surface area contributed by atoms with Gasteiger partial charge in [0.1, 0.15) is 12.4 Å². The Labute approximate surface area is 121 Å². The number of halogens is 1. The smallest absolute Gasteiger partial charge is 0.163 e. The lowest BCUT2D eigenvalue weighted by molar-refractivity contribution is 0.101. The lowest BCUT2D eigenvalue weighted by Crippen LogP contribution is -2.02. The number of hydrogen-bond donors (Lipinski definition) is 0. The third-order valence-electron chi connectivity index (χ3n) is 2.60.